The predicted octanol–water partition coefficient (Wildman–Crippen LogP) is 0.994. The van der Waals surface area contributed by atoms with Crippen molar-refractivity contribution in [3.63, 3.8) is 0 Å². The number of hydrogen-bond acceptors (Lipinski definition) is 4. The minimum Gasteiger partial charge on any atom is -0.359 e. The quantitative estimate of drug-likeness (QED) is 0.700. The van der Waals surface area contributed by atoms with E-state index in [1.165, 1.54) is 0 Å². The maximum atomic E-state index is 12.0. The van der Waals surface area contributed by atoms with Gasteiger partial charge in [0.15, 0.2) is 0 Å². The van der Waals surface area contributed by atoms with Crippen molar-refractivity contribution in [3.05, 3.63) is 29.8 Å². The van der Waals surface area contributed by atoms with Gasteiger partial charge in [-0.25, -0.2) is 0 Å². The maximum absolute atomic E-state index is 12.0. The van der Waals surface area contributed by atoms with Gasteiger partial charge in [-0.05, 0) is 30.1 Å². The minimum absolute atomic E-state index is 0.0987. The fraction of sp³-hybridized carbons (Fsp3) is 0.429. The second-order valence-corrected chi connectivity index (χ2v) is 5.37. The van der Waals surface area contributed by atoms with Crippen molar-refractivity contribution in [2.75, 3.05) is 24.4 Å². The molecule has 110 valence electrons. The van der Waals surface area contributed by atoms with Crippen molar-refractivity contribution in [2.45, 2.75) is 18.9 Å². The molecule has 0 saturated carbocycles. The lowest BCUT2D eigenvalue weighted by atomic mass is 10.1. The molecule has 0 aliphatic rings. The number of thioether (sulfide) groups is 1. The maximum Gasteiger partial charge on any atom is 0.241 e. The lowest BCUT2D eigenvalue weighted by Gasteiger charge is -2.14. The Bertz CT molecular complexity index is 465. The van der Waals surface area contributed by atoms with Gasteiger partial charge in [0.25, 0.3) is 0 Å². The normalized spacial score (nSPS) is 11.8. The van der Waals surface area contributed by atoms with Crippen molar-refractivity contribution < 1.29 is 9.59 Å². The lowest BCUT2D eigenvalue weighted by Crippen LogP contribution is -2.36. The van der Waals surface area contributed by atoms with Crippen LogP contribution in [0, 0.1) is 0 Å². The zero-order valence-corrected chi connectivity index (χ0v) is 12.6. The molecule has 0 bridgehead atoms. The summed E-state index contributed by atoms with van der Waals surface area (Å²) < 4.78 is 0. The van der Waals surface area contributed by atoms with Crippen LogP contribution in [0.3, 0.4) is 0 Å². The van der Waals surface area contributed by atoms with Crippen molar-refractivity contribution in [1.82, 2.24) is 5.32 Å². The summed E-state index contributed by atoms with van der Waals surface area (Å²) in [6.07, 6.45) is 2.83. The standard InChI is InChI=1S/C14H21N3O2S/c1-16-13(18)9-10-5-3-4-6-12(10)17-14(19)11(15)7-8-20-2/h3-6,11H,7-9,15H2,1-2H3,(H,16,18)(H,17,19)/t11-/m0/s1. The van der Waals surface area contributed by atoms with Gasteiger partial charge in [-0.15, -0.1) is 0 Å². The first kappa shape index (κ1) is 16.5. The van der Waals surface area contributed by atoms with Gasteiger partial charge in [-0.3, -0.25) is 9.59 Å². The van der Waals surface area contributed by atoms with Gasteiger partial charge in [-0.1, -0.05) is 18.2 Å². The molecular weight excluding hydrogens is 274 g/mol. The predicted molar refractivity (Wildman–Crippen MR) is 83.8 cm³/mol. The van der Waals surface area contributed by atoms with E-state index in [4.69, 9.17) is 5.73 Å². The molecule has 1 aromatic carbocycles. The molecule has 0 unspecified atom stereocenters. The fourth-order valence-corrected chi connectivity index (χ4v) is 2.15. The first-order valence-electron chi connectivity index (χ1n) is 6.42. The van der Waals surface area contributed by atoms with E-state index >= 15 is 0 Å². The number of hydrogen-bond donors (Lipinski definition) is 3. The van der Waals surface area contributed by atoms with Gasteiger partial charge in [0.1, 0.15) is 0 Å². The summed E-state index contributed by atoms with van der Waals surface area (Å²) in [7, 11) is 1.59. The number of benzene rings is 1. The molecule has 4 N–H and O–H groups in total. The van der Waals surface area contributed by atoms with Crippen LogP contribution in [0.25, 0.3) is 0 Å². The smallest absolute Gasteiger partial charge is 0.241 e. The Hall–Kier alpha value is -1.53. The number of rotatable bonds is 7. The van der Waals surface area contributed by atoms with Gasteiger partial charge in [0.05, 0.1) is 12.5 Å². The van der Waals surface area contributed by atoms with Crippen LogP contribution in [-0.2, 0) is 16.0 Å². The lowest BCUT2D eigenvalue weighted by molar-refractivity contribution is -0.120. The number of anilines is 1. The fourth-order valence-electron chi connectivity index (χ4n) is 1.66. The molecule has 20 heavy (non-hydrogen) atoms. The third kappa shape index (κ3) is 5.22. The molecule has 0 aliphatic heterocycles. The Balaban J connectivity index is 2.71. The van der Waals surface area contributed by atoms with E-state index < -0.39 is 6.04 Å². The Morgan fingerprint density at radius 1 is 1.35 bits per heavy atom. The third-order valence-corrected chi connectivity index (χ3v) is 3.52. The molecule has 0 radical (unpaired) electrons. The Morgan fingerprint density at radius 3 is 2.70 bits per heavy atom. The number of para-hydroxylation sites is 1. The van der Waals surface area contributed by atoms with E-state index in [1.807, 2.05) is 24.5 Å². The third-order valence-electron chi connectivity index (χ3n) is 2.87. The van der Waals surface area contributed by atoms with E-state index in [0.29, 0.717) is 12.1 Å². The van der Waals surface area contributed by atoms with Crippen LogP contribution in [0.4, 0.5) is 5.69 Å². The number of amides is 2. The Kier molecular flexibility index (Phi) is 7.11. The molecule has 0 aromatic heterocycles. The summed E-state index contributed by atoms with van der Waals surface area (Å²) in [5.74, 6) is 0.524. The zero-order chi connectivity index (χ0) is 15.0. The number of likely N-dealkylation sites (N-methyl/N-ethyl adjacent to an activating group) is 1. The van der Waals surface area contributed by atoms with E-state index in [0.717, 1.165) is 11.3 Å². The molecule has 5 nitrogen and oxygen atoms in total. The van der Waals surface area contributed by atoms with E-state index in [1.54, 1.807) is 24.9 Å². The molecule has 2 amide bonds. The summed E-state index contributed by atoms with van der Waals surface area (Å²) in [4.78, 5) is 23.4. The van der Waals surface area contributed by atoms with Crippen LogP contribution in [0.1, 0.15) is 12.0 Å². The highest BCUT2D eigenvalue weighted by atomic mass is 32.2. The number of carbonyl (C=O) groups excluding carboxylic acids is 2. The second-order valence-electron chi connectivity index (χ2n) is 4.38. The van der Waals surface area contributed by atoms with Crippen LogP contribution < -0.4 is 16.4 Å². The average Bonchev–Trinajstić information content (AvgIpc) is 2.46. The second kappa shape index (κ2) is 8.60. The van der Waals surface area contributed by atoms with Gasteiger partial charge >= 0.3 is 0 Å². The topological polar surface area (TPSA) is 84.2 Å². The van der Waals surface area contributed by atoms with Crippen molar-refractivity contribution >= 4 is 29.3 Å². The van der Waals surface area contributed by atoms with Crippen LogP contribution in [0.5, 0.6) is 0 Å². The summed E-state index contributed by atoms with van der Waals surface area (Å²) in [5, 5.41) is 5.36. The summed E-state index contributed by atoms with van der Waals surface area (Å²) in [5.41, 5.74) is 7.24. The molecular formula is C14H21N3O2S. The van der Waals surface area contributed by atoms with Crippen molar-refractivity contribution in [3.8, 4) is 0 Å². The molecule has 1 aromatic rings. The molecule has 1 atom stereocenters. The van der Waals surface area contributed by atoms with Gasteiger partial charge in [0.2, 0.25) is 11.8 Å². The number of carbonyl (C=O) groups is 2. The van der Waals surface area contributed by atoms with Crippen LogP contribution in [0.15, 0.2) is 24.3 Å². The molecule has 0 fully saturated rings. The summed E-state index contributed by atoms with van der Waals surface area (Å²) >= 11 is 1.66. The highest BCUT2D eigenvalue weighted by Crippen LogP contribution is 2.16. The first-order valence-corrected chi connectivity index (χ1v) is 7.81. The van der Waals surface area contributed by atoms with E-state index in [-0.39, 0.29) is 18.2 Å². The monoisotopic (exact) mass is 295 g/mol. The van der Waals surface area contributed by atoms with Gasteiger partial charge < -0.3 is 16.4 Å². The van der Waals surface area contributed by atoms with E-state index in [9.17, 15) is 9.59 Å². The highest BCUT2D eigenvalue weighted by molar-refractivity contribution is 7.98. The van der Waals surface area contributed by atoms with Crippen LogP contribution >= 0.6 is 11.8 Å². The van der Waals surface area contributed by atoms with Crippen LogP contribution in [0.2, 0.25) is 0 Å². The SMILES string of the molecule is CNC(=O)Cc1ccccc1NC(=O)[C@@H](N)CCSC. The van der Waals surface area contributed by atoms with E-state index in [2.05, 4.69) is 10.6 Å². The Labute approximate surface area is 123 Å². The number of nitrogens with one attached hydrogen (secondary N) is 2. The minimum atomic E-state index is -0.532. The van der Waals surface area contributed by atoms with Gasteiger partial charge in [0, 0.05) is 12.7 Å². The zero-order valence-electron chi connectivity index (χ0n) is 11.8. The Morgan fingerprint density at radius 2 is 2.05 bits per heavy atom. The summed E-state index contributed by atoms with van der Waals surface area (Å²) in [6.45, 7) is 0. The molecule has 1 rings (SSSR count). The van der Waals surface area contributed by atoms with Crippen LogP contribution in [-0.4, -0.2) is 36.9 Å². The highest BCUT2D eigenvalue weighted by Gasteiger charge is 2.15. The molecule has 0 heterocycles. The van der Waals surface area contributed by atoms with Crippen molar-refractivity contribution in [2.24, 2.45) is 5.73 Å². The summed E-state index contributed by atoms with van der Waals surface area (Å²) in [6, 6.07) is 6.71. The van der Waals surface area contributed by atoms with Gasteiger partial charge in [-0.2, -0.15) is 11.8 Å². The largest absolute Gasteiger partial charge is 0.359 e. The molecule has 0 aliphatic carbocycles. The molecule has 6 heteroatoms. The molecule has 0 spiro atoms. The molecule has 0 saturated heterocycles. The number of nitrogens with two attached hydrogens (primary N) is 1. The van der Waals surface area contributed by atoms with Crippen molar-refractivity contribution in [1.29, 1.82) is 0 Å². The first-order chi connectivity index (χ1) is 9.58. The average molecular weight is 295 g/mol.